The van der Waals surface area contributed by atoms with Crippen molar-refractivity contribution < 1.29 is 9.59 Å². The maximum absolute atomic E-state index is 12.9. The number of primary amides is 1. The number of hydrogen-bond donors (Lipinski definition) is 2. The quantitative estimate of drug-likeness (QED) is 0.570. The number of para-hydroxylation sites is 1. The van der Waals surface area contributed by atoms with Crippen LogP contribution in [0.4, 0.5) is 4.79 Å². The van der Waals surface area contributed by atoms with Crippen LogP contribution in [0.2, 0.25) is 0 Å². The number of nitrogens with zero attached hydrogens (tertiary/aromatic N) is 2. The van der Waals surface area contributed by atoms with Crippen LogP contribution in [0.5, 0.6) is 0 Å². The van der Waals surface area contributed by atoms with Crippen LogP contribution in [0.1, 0.15) is 33.6 Å². The van der Waals surface area contributed by atoms with Gasteiger partial charge in [-0.3, -0.25) is 19.5 Å². The fraction of sp³-hybridized carbons (Fsp3) is 0.444. The van der Waals surface area contributed by atoms with Gasteiger partial charge in [-0.05, 0) is 24.5 Å². The van der Waals surface area contributed by atoms with Gasteiger partial charge < -0.3 is 5.73 Å². The third-order valence-electron chi connectivity index (χ3n) is 3.90. The van der Waals surface area contributed by atoms with Crippen molar-refractivity contribution in [2.24, 2.45) is 11.7 Å². The smallest absolute Gasteiger partial charge is 0.318 e. The van der Waals surface area contributed by atoms with Crippen LogP contribution in [0, 0.1) is 5.92 Å². The van der Waals surface area contributed by atoms with Crippen molar-refractivity contribution in [1.29, 1.82) is 0 Å². The van der Waals surface area contributed by atoms with E-state index in [1.54, 1.807) is 22.8 Å². The zero-order chi connectivity index (χ0) is 19.3. The molecule has 0 aliphatic rings. The number of unbranched alkanes of at least 4 members (excludes halogenated alkanes) is 1. The molecule has 3 amide bonds. The van der Waals surface area contributed by atoms with Gasteiger partial charge in [-0.25, -0.2) is 9.78 Å². The molecule has 7 nitrogen and oxygen atoms in total. The molecule has 3 N–H and O–H groups in total. The van der Waals surface area contributed by atoms with Gasteiger partial charge in [0.15, 0.2) is 5.16 Å². The second kappa shape index (κ2) is 8.84. The number of benzene rings is 1. The minimum atomic E-state index is -0.893. The number of hydrogen-bond acceptors (Lipinski definition) is 5. The van der Waals surface area contributed by atoms with E-state index in [1.807, 2.05) is 26.8 Å². The van der Waals surface area contributed by atoms with E-state index in [0.29, 0.717) is 22.6 Å². The summed E-state index contributed by atoms with van der Waals surface area (Å²) < 4.78 is 1.61. The molecule has 0 bridgehead atoms. The fourth-order valence-corrected chi connectivity index (χ4v) is 3.67. The van der Waals surface area contributed by atoms with E-state index in [1.165, 1.54) is 11.8 Å². The molecule has 140 valence electrons. The van der Waals surface area contributed by atoms with Gasteiger partial charge in [-0.1, -0.05) is 51.1 Å². The van der Waals surface area contributed by atoms with Crippen LogP contribution in [0.3, 0.4) is 0 Å². The molecule has 0 saturated heterocycles. The first kappa shape index (κ1) is 20.0. The van der Waals surface area contributed by atoms with E-state index in [2.05, 4.69) is 10.3 Å². The maximum Gasteiger partial charge on any atom is 0.318 e. The zero-order valence-electron chi connectivity index (χ0n) is 15.2. The first-order chi connectivity index (χ1) is 12.3. The van der Waals surface area contributed by atoms with Crippen molar-refractivity contribution >= 4 is 34.6 Å². The number of amides is 3. The standard InChI is InChI=1S/C18H24N4O3S/c1-4-5-10-22-16(24)12-8-6-7-9-13(12)20-18(22)26-14(11(2)3)15(23)21-17(19)25/h6-9,11,14H,4-5,10H2,1-3H3,(H3,19,21,23,25)/t14-/m1/s1. The van der Waals surface area contributed by atoms with Gasteiger partial charge in [0, 0.05) is 6.54 Å². The number of carbonyl (C=O) groups is 2. The SMILES string of the molecule is CCCCn1c(S[C@@H](C(=O)NC(N)=O)C(C)C)nc2ccccc2c1=O. The van der Waals surface area contributed by atoms with Gasteiger partial charge in [0.2, 0.25) is 5.91 Å². The third kappa shape index (κ3) is 4.63. The number of imide groups is 1. The van der Waals surface area contributed by atoms with Crippen molar-refractivity contribution in [3.8, 4) is 0 Å². The largest absolute Gasteiger partial charge is 0.351 e. The molecule has 2 aromatic rings. The molecule has 0 aliphatic heterocycles. The Kier molecular flexibility index (Phi) is 6.79. The average molecular weight is 376 g/mol. The van der Waals surface area contributed by atoms with E-state index < -0.39 is 17.2 Å². The minimum Gasteiger partial charge on any atom is -0.351 e. The normalized spacial score (nSPS) is 12.3. The van der Waals surface area contributed by atoms with Crippen LogP contribution in [-0.4, -0.2) is 26.7 Å². The minimum absolute atomic E-state index is 0.0812. The summed E-state index contributed by atoms with van der Waals surface area (Å²) in [7, 11) is 0. The van der Waals surface area contributed by atoms with Gasteiger partial charge in [-0.15, -0.1) is 0 Å². The molecule has 1 aromatic heterocycles. The van der Waals surface area contributed by atoms with E-state index in [-0.39, 0.29) is 11.5 Å². The summed E-state index contributed by atoms with van der Waals surface area (Å²) in [6.07, 6.45) is 1.76. The number of carbonyl (C=O) groups excluding carboxylic acids is 2. The topological polar surface area (TPSA) is 107 Å². The van der Waals surface area contributed by atoms with Gasteiger partial charge in [0.1, 0.15) is 0 Å². The van der Waals surface area contributed by atoms with Crippen LogP contribution < -0.4 is 16.6 Å². The molecular weight excluding hydrogens is 352 g/mol. The molecule has 0 unspecified atom stereocenters. The Bertz CT molecular complexity index is 863. The molecule has 8 heteroatoms. The average Bonchev–Trinajstić information content (AvgIpc) is 2.58. The van der Waals surface area contributed by atoms with Gasteiger partial charge in [0.05, 0.1) is 16.2 Å². The molecule has 0 fully saturated rings. The number of aromatic nitrogens is 2. The number of fused-ring (bicyclic) bond motifs is 1. The van der Waals surface area contributed by atoms with E-state index >= 15 is 0 Å². The summed E-state index contributed by atoms with van der Waals surface area (Å²) in [5.74, 6) is -0.565. The zero-order valence-corrected chi connectivity index (χ0v) is 16.0. The van der Waals surface area contributed by atoms with E-state index in [4.69, 9.17) is 5.73 Å². The first-order valence-corrected chi connectivity index (χ1v) is 9.49. The van der Waals surface area contributed by atoms with Gasteiger partial charge in [0.25, 0.3) is 5.56 Å². The van der Waals surface area contributed by atoms with Crippen LogP contribution >= 0.6 is 11.8 Å². The lowest BCUT2D eigenvalue weighted by molar-refractivity contribution is -0.120. The van der Waals surface area contributed by atoms with Crippen LogP contribution in [0.15, 0.2) is 34.2 Å². The number of thioether (sulfide) groups is 1. The lowest BCUT2D eigenvalue weighted by atomic mass is 10.1. The molecule has 1 aromatic carbocycles. The Labute approximate surface area is 156 Å². The lowest BCUT2D eigenvalue weighted by Gasteiger charge is -2.20. The monoisotopic (exact) mass is 376 g/mol. The summed E-state index contributed by atoms with van der Waals surface area (Å²) >= 11 is 1.19. The predicted molar refractivity (Wildman–Crippen MR) is 103 cm³/mol. The number of nitrogens with two attached hydrogens (primary N) is 1. The van der Waals surface area contributed by atoms with Crippen LogP contribution in [0.25, 0.3) is 10.9 Å². The van der Waals surface area contributed by atoms with Crippen molar-refractivity contribution in [3.63, 3.8) is 0 Å². The van der Waals surface area contributed by atoms with Crippen LogP contribution in [-0.2, 0) is 11.3 Å². The first-order valence-electron chi connectivity index (χ1n) is 8.61. The summed E-state index contributed by atoms with van der Waals surface area (Å²) in [5.41, 5.74) is 5.54. The molecule has 0 aliphatic carbocycles. The second-order valence-corrected chi connectivity index (χ2v) is 7.47. The Balaban J connectivity index is 2.49. The maximum atomic E-state index is 12.9. The number of nitrogens with one attached hydrogen (secondary N) is 1. The highest BCUT2D eigenvalue weighted by molar-refractivity contribution is 8.00. The Hall–Kier alpha value is -2.35. The molecule has 26 heavy (non-hydrogen) atoms. The van der Waals surface area contributed by atoms with Crippen molar-refractivity contribution in [2.75, 3.05) is 0 Å². The molecular formula is C18H24N4O3S. The highest BCUT2D eigenvalue weighted by Crippen LogP contribution is 2.28. The third-order valence-corrected chi connectivity index (χ3v) is 5.44. The second-order valence-electron chi connectivity index (χ2n) is 6.36. The van der Waals surface area contributed by atoms with E-state index in [0.717, 1.165) is 12.8 Å². The molecule has 1 heterocycles. The molecule has 0 saturated carbocycles. The molecule has 1 atom stereocenters. The summed E-state index contributed by atoms with van der Waals surface area (Å²) in [6, 6.07) is 6.26. The highest BCUT2D eigenvalue weighted by Gasteiger charge is 2.27. The highest BCUT2D eigenvalue weighted by atomic mass is 32.2. The van der Waals surface area contributed by atoms with Gasteiger partial charge in [-0.2, -0.15) is 0 Å². The van der Waals surface area contributed by atoms with Crippen molar-refractivity contribution in [2.45, 2.75) is 50.6 Å². The summed E-state index contributed by atoms with van der Waals surface area (Å²) in [6.45, 7) is 6.31. The molecule has 0 radical (unpaired) electrons. The summed E-state index contributed by atoms with van der Waals surface area (Å²) in [5, 5.41) is 2.55. The van der Waals surface area contributed by atoms with Gasteiger partial charge >= 0.3 is 6.03 Å². The Morgan fingerprint density at radius 3 is 2.62 bits per heavy atom. The lowest BCUT2D eigenvalue weighted by Crippen LogP contribution is -2.42. The molecule has 2 rings (SSSR count). The Morgan fingerprint density at radius 1 is 1.31 bits per heavy atom. The number of urea groups is 1. The number of rotatable bonds is 7. The Morgan fingerprint density at radius 2 is 2.00 bits per heavy atom. The summed E-state index contributed by atoms with van der Waals surface area (Å²) in [4.78, 5) is 40.9. The van der Waals surface area contributed by atoms with Crippen molar-refractivity contribution in [1.82, 2.24) is 14.9 Å². The van der Waals surface area contributed by atoms with Crippen molar-refractivity contribution in [3.05, 3.63) is 34.6 Å². The fourth-order valence-electron chi connectivity index (χ4n) is 2.55. The van der Waals surface area contributed by atoms with E-state index in [9.17, 15) is 14.4 Å². The molecule has 0 spiro atoms. The predicted octanol–water partition coefficient (Wildman–Crippen LogP) is 2.51.